The van der Waals surface area contributed by atoms with E-state index in [2.05, 4.69) is 15.3 Å². The second kappa shape index (κ2) is 7.91. The number of aromatic nitrogens is 2. The lowest BCUT2D eigenvalue weighted by atomic mass is 10.2. The van der Waals surface area contributed by atoms with Crippen LogP contribution in [0.4, 0.5) is 0 Å². The third-order valence-electron chi connectivity index (χ3n) is 2.83. The van der Waals surface area contributed by atoms with E-state index in [1.165, 1.54) is 0 Å². The van der Waals surface area contributed by atoms with E-state index in [4.69, 9.17) is 4.74 Å². The second-order valence-corrected chi connectivity index (χ2v) is 4.61. The Kier molecular flexibility index (Phi) is 6.52. The molecule has 0 aromatic carbocycles. The molecule has 6 nitrogen and oxygen atoms in total. The molecule has 6 heteroatoms. The summed E-state index contributed by atoms with van der Waals surface area (Å²) in [5.74, 6) is 0.620. The zero-order valence-corrected chi connectivity index (χ0v) is 12.3. The third kappa shape index (κ3) is 4.65. The fourth-order valence-electron chi connectivity index (χ4n) is 1.76. The standard InChI is InChI=1S/C13H24N4O2/c1-5-14-7-6-11(18)13-12(19-4)10-15-17(13)9-8-16(2)3/h10,14H,5-9H2,1-4H3. The van der Waals surface area contributed by atoms with Gasteiger partial charge in [0.25, 0.3) is 0 Å². The van der Waals surface area contributed by atoms with E-state index >= 15 is 0 Å². The number of rotatable bonds is 9. The Labute approximate surface area is 114 Å². The number of methoxy groups -OCH3 is 1. The molecule has 1 aromatic heterocycles. The van der Waals surface area contributed by atoms with E-state index in [0.29, 0.717) is 31.0 Å². The molecule has 0 aliphatic carbocycles. The number of likely N-dealkylation sites (N-methyl/N-ethyl adjacent to an activating group) is 1. The number of ketones is 1. The highest BCUT2D eigenvalue weighted by atomic mass is 16.5. The minimum absolute atomic E-state index is 0.0639. The minimum Gasteiger partial charge on any atom is -0.493 e. The smallest absolute Gasteiger partial charge is 0.185 e. The average molecular weight is 268 g/mol. The molecule has 108 valence electrons. The Balaban J connectivity index is 2.77. The van der Waals surface area contributed by atoms with Crippen LogP contribution in [0, 0.1) is 0 Å². The summed E-state index contributed by atoms with van der Waals surface area (Å²) in [4.78, 5) is 14.3. The van der Waals surface area contributed by atoms with E-state index in [1.807, 2.05) is 21.0 Å². The Morgan fingerprint density at radius 3 is 2.84 bits per heavy atom. The molecule has 0 bridgehead atoms. The molecule has 1 aromatic rings. The van der Waals surface area contributed by atoms with E-state index in [0.717, 1.165) is 13.1 Å². The molecule has 1 N–H and O–H groups in total. The van der Waals surface area contributed by atoms with Crippen molar-refractivity contribution in [1.29, 1.82) is 0 Å². The fraction of sp³-hybridized carbons (Fsp3) is 0.692. The van der Waals surface area contributed by atoms with E-state index in [9.17, 15) is 4.79 Å². The van der Waals surface area contributed by atoms with Gasteiger partial charge in [0.1, 0.15) is 5.69 Å². The number of Topliss-reactive ketones (excluding diaryl/α,β-unsaturated/α-hetero) is 1. The van der Waals surface area contributed by atoms with Crippen LogP contribution in [0.3, 0.4) is 0 Å². The van der Waals surface area contributed by atoms with Crippen molar-refractivity contribution in [3.05, 3.63) is 11.9 Å². The van der Waals surface area contributed by atoms with Crippen LogP contribution in [0.25, 0.3) is 0 Å². The van der Waals surface area contributed by atoms with Crippen LogP contribution in [0.2, 0.25) is 0 Å². The molecule has 19 heavy (non-hydrogen) atoms. The highest BCUT2D eigenvalue weighted by molar-refractivity contribution is 5.97. The normalized spacial score (nSPS) is 11.0. The topological polar surface area (TPSA) is 59.4 Å². The average Bonchev–Trinajstić information content (AvgIpc) is 2.79. The van der Waals surface area contributed by atoms with Gasteiger partial charge in [0.05, 0.1) is 19.9 Å². The van der Waals surface area contributed by atoms with Crippen molar-refractivity contribution >= 4 is 5.78 Å². The number of ether oxygens (including phenoxy) is 1. The highest BCUT2D eigenvalue weighted by Crippen LogP contribution is 2.19. The summed E-state index contributed by atoms with van der Waals surface area (Å²) in [6.45, 7) is 5.07. The number of hydrogen-bond donors (Lipinski definition) is 1. The first-order valence-electron chi connectivity index (χ1n) is 6.58. The quantitative estimate of drug-likeness (QED) is 0.526. The number of nitrogens with one attached hydrogen (secondary N) is 1. The van der Waals surface area contributed by atoms with Gasteiger partial charge in [-0.1, -0.05) is 6.92 Å². The van der Waals surface area contributed by atoms with E-state index < -0.39 is 0 Å². The lowest BCUT2D eigenvalue weighted by Gasteiger charge is -2.12. The van der Waals surface area contributed by atoms with Gasteiger partial charge in [0, 0.05) is 19.5 Å². The molecular weight excluding hydrogens is 244 g/mol. The zero-order chi connectivity index (χ0) is 14.3. The molecule has 0 amide bonds. The Morgan fingerprint density at radius 2 is 2.26 bits per heavy atom. The van der Waals surface area contributed by atoms with Gasteiger partial charge in [-0.15, -0.1) is 0 Å². The summed E-state index contributed by atoms with van der Waals surface area (Å²) >= 11 is 0. The lowest BCUT2D eigenvalue weighted by Crippen LogP contribution is -2.23. The first kappa shape index (κ1) is 15.7. The highest BCUT2D eigenvalue weighted by Gasteiger charge is 2.18. The van der Waals surface area contributed by atoms with Gasteiger partial charge in [0.15, 0.2) is 11.5 Å². The largest absolute Gasteiger partial charge is 0.493 e. The molecule has 0 aliphatic rings. The molecule has 0 saturated heterocycles. The summed E-state index contributed by atoms with van der Waals surface area (Å²) in [5, 5.41) is 7.38. The van der Waals surface area contributed by atoms with Crippen LogP contribution >= 0.6 is 0 Å². The predicted molar refractivity (Wildman–Crippen MR) is 74.8 cm³/mol. The molecular formula is C13H24N4O2. The van der Waals surface area contributed by atoms with Gasteiger partial charge < -0.3 is 15.0 Å². The minimum atomic E-state index is 0.0639. The summed E-state index contributed by atoms with van der Waals surface area (Å²) in [6.07, 6.45) is 2.06. The first-order valence-corrected chi connectivity index (χ1v) is 6.58. The van der Waals surface area contributed by atoms with E-state index in [1.54, 1.807) is 18.0 Å². The Morgan fingerprint density at radius 1 is 1.53 bits per heavy atom. The van der Waals surface area contributed by atoms with Crippen molar-refractivity contribution < 1.29 is 9.53 Å². The summed E-state index contributed by atoms with van der Waals surface area (Å²) < 4.78 is 6.95. The van der Waals surface area contributed by atoms with Crippen LogP contribution < -0.4 is 10.1 Å². The van der Waals surface area contributed by atoms with Crippen LogP contribution in [-0.2, 0) is 6.54 Å². The maximum Gasteiger partial charge on any atom is 0.185 e. The van der Waals surface area contributed by atoms with Crippen LogP contribution in [0.5, 0.6) is 5.75 Å². The van der Waals surface area contributed by atoms with Gasteiger partial charge in [-0.2, -0.15) is 5.10 Å². The Bertz CT molecular complexity index is 401. The van der Waals surface area contributed by atoms with Crippen molar-refractivity contribution in [1.82, 2.24) is 20.0 Å². The van der Waals surface area contributed by atoms with E-state index in [-0.39, 0.29) is 5.78 Å². The number of carbonyl (C=O) groups is 1. The van der Waals surface area contributed by atoms with Gasteiger partial charge in [-0.3, -0.25) is 9.48 Å². The van der Waals surface area contributed by atoms with Crippen molar-refractivity contribution in [3.8, 4) is 5.75 Å². The molecule has 0 atom stereocenters. The lowest BCUT2D eigenvalue weighted by molar-refractivity contribution is 0.0968. The van der Waals surface area contributed by atoms with Crippen molar-refractivity contribution in [2.75, 3.05) is 40.8 Å². The molecule has 0 radical (unpaired) electrons. The zero-order valence-electron chi connectivity index (χ0n) is 12.3. The number of hydrogen-bond acceptors (Lipinski definition) is 5. The van der Waals surface area contributed by atoms with Gasteiger partial charge in [-0.05, 0) is 20.6 Å². The molecule has 0 spiro atoms. The number of carbonyl (C=O) groups excluding carboxylic acids is 1. The van der Waals surface area contributed by atoms with Crippen molar-refractivity contribution in [2.45, 2.75) is 19.9 Å². The molecule has 1 rings (SSSR count). The molecule has 1 heterocycles. The number of nitrogens with zero attached hydrogens (tertiary/aromatic N) is 3. The second-order valence-electron chi connectivity index (χ2n) is 4.61. The van der Waals surface area contributed by atoms with Gasteiger partial charge >= 0.3 is 0 Å². The maximum absolute atomic E-state index is 12.2. The summed E-state index contributed by atoms with van der Waals surface area (Å²) in [7, 11) is 5.55. The predicted octanol–water partition coefficient (Wildman–Crippen LogP) is 0.636. The van der Waals surface area contributed by atoms with Crippen LogP contribution in [0.15, 0.2) is 6.20 Å². The maximum atomic E-state index is 12.2. The molecule has 0 unspecified atom stereocenters. The molecule has 0 saturated carbocycles. The molecule has 0 fully saturated rings. The Hall–Kier alpha value is -1.40. The monoisotopic (exact) mass is 268 g/mol. The van der Waals surface area contributed by atoms with Gasteiger partial charge in [0.2, 0.25) is 0 Å². The molecule has 0 aliphatic heterocycles. The van der Waals surface area contributed by atoms with Crippen molar-refractivity contribution in [2.24, 2.45) is 0 Å². The van der Waals surface area contributed by atoms with Crippen LogP contribution in [-0.4, -0.2) is 61.3 Å². The SMILES string of the molecule is CCNCCC(=O)c1c(OC)cnn1CCN(C)C. The fourth-order valence-corrected chi connectivity index (χ4v) is 1.76. The van der Waals surface area contributed by atoms with Gasteiger partial charge in [-0.25, -0.2) is 0 Å². The summed E-state index contributed by atoms with van der Waals surface area (Å²) in [6, 6.07) is 0. The first-order chi connectivity index (χ1) is 9.10. The van der Waals surface area contributed by atoms with Crippen LogP contribution in [0.1, 0.15) is 23.8 Å². The third-order valence-corrected chi connectivity index (χ3v) is 2.83. The summed E-state index contributed by atoms with van der Waals surface area (Å²) in [5.41, 5.74) is 0.572. The van der Waals surface area contributed by atoms with Crippen molar-refractivity contribution in [3.63, 3.8) is 0 Å².